The summed E-state index contributed by atoms with van der Waals surface area (Å²) in [5, 5.41) is 5.98. The van der Waals surface area contributed by atoms with Crippen LogP contribution in [0.2, 0.25) is 0 Å². The van der Waals surface area contributed by atoms with Crippen LogP contribution in [0.5, 0.6) is 11.5 Å². The highest BCUT2D eigenvalue weighted by atomic mass is 16.5. The van der Waals surface area contributed by atoms with E-state index in [2.05, 4.69) is 20.6 Å². The third-order valence-electron chi connectivity index (χ3n) is 3.82. The minimum absolute atomic E-state index is 0.118. The van der Waals surface area contributed by atoms with E-state index in [9.17, 15) is 4.79 Å². The maximum Gasteiger partial charge on any atom is 0.274 e. The predicted octanol–water partition coefficient (Wildman–Crippen LogP) is 4.66. The first-order valence-corrected chi connectivity index (χ1v) is 9.43. The molecule has 150 valence electrons. The van der Waals surface area contributed by atoms with Gasteiger partial charge < -0.3 is 20.1 Å². The van der Waals surface area contributed by atoms with Crippen LogP contribution in [0.15, 0.2) is 60.9 Å². The molecule has 0 atom stereocenters. The van der Waals surface area contributed by atoms with E-state index in [1.807, 2.05) is 45.0 Å². The zero-order chi connectivity index (χ0) is 20.6. The minimum atomic E-state index is -0.319. The standard InChI is InChI=1S/C22H24N4O3/c1-4-28-18-9-5-17(6-10-18)26-22(27)20-13-21(24-14-23-20)25-16-7-11-19(12-8-16)29-15(2)3/h5-15H,4H2,1-3H3,(H,26,27)(H,23,24,25). The second-order valence-electron chi connectivity index (χ2n) is 6.52. The maximum absolute atomic E-state index is 12.5. The summed E-state index contributed by atoms with van der Waals surface area (Å²) < 4.78 is 11.0. The Morgan fingerprint density at radius 2 is 1.62 bits per heavy atom. The number of nitrogens with zero attached hydrogens (tertiary/aromatic N) is 2. The maximum atomic E-state index is 12.5. The molecule has 0 saturated carbocycles. The fourth-order valence-corrected chi connectivity index (χ4v) is 2.58. The van der Waals surface area contributed by atoms with Gasteiger partial charge in [-0.1, -0.05) is 0 Å². The molecular formula is C22H24N4O3. The van der Waals surface area contributed by atoms with E-state index < -0.39 is 0 Å². The van der Waals surface area contributed by atoms with Crippen LogP contribution in [-0.4, -0.2) is 28.6 Å². The van der Waals surface area contributed by atoms with Gasteiger partial charge in [0.15, 0.2) is 0 Å². The predicted molar refractivity (Wildman–Crippen MR) is 113 cm³/mol. The molecule has 0 fully saturated rings. The number of hydrogen-bond acceptors (Lipinski definition) is 6. The van der Waals surface area contributed by atoms with E-state index in [4.69, 9.17) is 9.47 Å². The number of amides is 1. The normalized spacial score (nSPS) is 10.5. The molecule has 0 aliphatic rings. The van der Waals surface area contributed by atoms with Crippen LogP contribution in [0, 0.1) is 0 Å². The number of anilines is 3. The minimum Gasteiger partial charge on any atom is -0.494 e. The summed E-state index contributed by atoms with van der Waals surface area (Å²) in [5.74, 6) is 1.75. The van der Waals surface area contributed by atoms with E-state index in [1.165, 1.54) is 6.33 Å². The summed E-state index contributed by atoms with van der Waals surface area (Å²) in [6.07, 6.45) is 1.47. The average Bonchev–Trinajstić information content (AvgIpc) is 2.71. The van der Waals surface area contributed by atoms with Crippen molar-refractivity contribution in [2.45, 2.75) is 26.9 Å². The molecule has 0 unspecified atom stereocenters. The number of benzene rings is 2. The number of nitrogens with one attached hydrogen (secondary N) is 2. The van der Waals surface area contributed by atoms with Crippen molar-refractivity contribution in [3.05, 3.63) is 66.6 Å². The first-order chi connectivity index (χ1) is 14.0. The Morgan fingerprint density at radius 3 is 2.28 bits per heavy atom. The van der Waals surface area contributed by atoms with Crippen LogP contribution in [0.25, 0.3) is 0 Å². The number of rotatable bonds is 8. The zero-order valence-corrected chi connectivity index (χ0v) is 16.7. The molecule has 0 aliphatic carbocycles. The molecule has 1 aromatic heterocycles. The highest BCUT2D eigenvalue weighted by Gasteiger charge is 2.10. The lowest BCUT2D eigenvalue weighted by Crippen LogP contribution is -2.14. The van der Waals surface area contributed by atoms with Crippen molar-refractivity contribution in [1.82, 2.24) is 9.97 Å². The van der Waals surface area contributed by atoms with Crippen LogP contribution in [0.1, 0.15) is 31.3 Å². The summed E-state index contributed by atoms with van der Waals surface area (Å²) in [4.78, 5) is 20.7. The van der Waals surface area contributed by atoms with E-state index in [1.54, 1.807) is 30.3 Å². The van der Waals surface area contributed by atoms with Gasteiger partial charge in [-0.25, -0.2) is 9.97 Å². The van der Waals surface area contributed by atoms with Gasteiger partial charge in [-0.3, -0.25) is 4.79 Å². The topological polar surface area (TPSA) is 85.4 Å². The molecule has 0 saturated heterocycles. The van der Waals surface area contributed by atoms with Gasteiger partial charge in [-0.05, 0) is 69.3 Å². The van der Waals surface area contributed by atoms with Crippen molar-refractivity contribution in [3.63, 3.8) is 0 Å². The number of carbonyl (C=O) groups is 1. The smallest absolute Gasteiger partial charge is 0.274 e. The van der Waals surface area contributed by atoms with Crippen LogP contribution in [0.3, 0.4) is 0 Å². The lowest BCUT2D eigenvalue weighted by Gasteiger charge is -2.11. The molecule has 7 nitrogen and oxygen atoms in total. The molecule has 29 heavy (non-hydrogen) atoms. The van der Waals surface area contributed by atoms with Gasteiger partial charge >= 0.3 is 0 Å². The Bertz CT molecular complexity index is 941. The first kappa shape index (κ1) is 20.1. The molecular weight excluding hydrogens is 368 g/mol. The average molecular weight is 392 g/mol. The number of hydrogen-bond donors (Lipinski definition) is 2. The molecule has 0 aliphatic heterocycles. The van der Waals surface area contributed by atoms with Crippen LogP contribution in [-0.2, 0) is 0 Å². The third kappa shape index (κ3) is 5.93. The van der Waals surface area contributed by atoms with E-state index in [0.29, 0.717) is 18.1 Å². The Kier molecular flexibility index (Phi) is 6.63. The molecule has 0 radical (unpaired) electrons. The summed E-state index contributed by atoms with van der Waals surface area (Å²) in [6, 6.07) is 16.3. The van der Waals surface area contributed by atoms with Crippen molar-refractivity contribution in [1.29, 1.82) is 0 Å². The fourth-order valence-electron chi connectivity index (χ4n) is 2.58. The summed E-state index contributed by atoms with van der Waals surface area (Å²) in [7, 11) is 0. The Balaban J connectivity index is 1.64. The zero-order valence-electron chi connectivity index (χ0n) is 16.7. The quantitative estimate of drug-likeness (QED) is 0.580. The molecule has 2 N–H and O–H groups in total. The largest absolute Gasteiger partial charge is 0.494 e. The second-order valence-corrected chi connectivity index (χ2v) is 6.52. The SMILES string of the molecule is CCOc1ccc(NC(=O)c2cc(Nc3ccc(OC(C)C)cc3)ncn2)cc1. The first-order valence-electron chi connectivity index (χ1n) is 9.43. The Labute approximate surface area is 170 Å². The molecule has 1 heterocycles. The van der Waals surface area contributed by atoms with Gasteiger partial charge in [-0.15, -0.1) is 0 Å². The number of ether oxygens (including phenoxy) is 2. The van der Waals surface area contributed by atoms with Crippen molar-refractivity contribution >= 4 is 23.1 Å². The highest BCUT2D eigenvalue weighted by Crippen LogP contribution is 2.20. The fraction of sp³-hybridized carbons (Fsp3) is 0.227. The van der Waals surface area contributed by atoms with Gasteiger partial charge in [-0.2, -0.15) is 0 Å². The van der Waals surface area contributed by atoms with Crippen molar-refractivity contribution in [3.8, 4) is 11.5 Å². The van der Waals surface area contributed by atoms with Gasteiger partial charge in [0.1, 0.15) is 29.3 Å². The molecule has 1 amide bonds. The summed E-state index contributed by atoms with van der Waals surface area (Å²) in [5.41, 5.74) is 1.75. The van der Waals surface area contributed by atoms with E-state index in [0.717, 1.165) is 17.2 Å². The highest BCUT2D eigenvalue weighted by molar-refractivity contribution is 6.03. The van der Waals surface area contributed by atoms with Gasteiger partial charge in [0.2, 0.25) is 0 Å². The lowest BCUT2D eigenvalue weighted by molar-refractivity contribution is 0.102. The summed E-state index contributed by atoms with van der Waals surface area (Å²) >= 11 is 0. The second kappa shape index (κ2) is 9.54. The van der Waals surface area contributed by atoms with Crippen molar-refractivity contribution in [2.75, 3.05) is 17.2 Å². The van der Waals surface area contributed by atoms with Crippen LogP contribution < -0.4 is 20.1 Å². The third-order valence-corrected chi connectivity index (χ3v) is 3.82. The Morgan fingerprint density at radius 1 is 0.966 bits per heavy atom. The van der Waals surface area contributed by atoms with Crippen LogP contribution >= 0.6 is 0 Å². The van der Waals surface area contributed by atoms with Crippen molar-refractivity contribution < 1.29 is 14.3 Å². The molecule has 7 heteroatoms. The molecule has 3 rings (SSSR count). The molecule has 3 aromatic rings. The van der Waals surface area contributed by atoms with Gasteiger partial charge in [0, 0.05) is 17.4 Å². The molecule has 0 bridgehead atoms. The van der Waals surface area contributed by atoms with E-state index in [-0.39, 0.29) is 17.7 Å². The van der Waals surface area contributed by atoms with Crippen molar-refractivity contribution in [2.24, 2.45) is 0 Å². The van der Waals surface area contributed by atoms with E-state index >= 15 is 0 Å². The van der Waals surface area contributed by atoms with Gasteiger partial charge in [0.25, 0.3) is 5.91 Å². The van der Waals surface area contributed by atoms with Gasteiger partial charge in [0.05, 0.1) is 12.7 Å². The lowest BCUT2D eigenvalue weighted by atomic mass is 10.2. The number of aromatic nitrogens is 2. The molecule has 2 aromatic carbocycles. The number of carbonyl (C=O) groups excluding carboxylic acids is 1. The molecule has 0 spiro atoms. The monoisotopic (exact) mass is 392 g/mol. The Hall–Kier alpha value is -3.61. The summed E-state index contributed by atoms with van der Waals surface area (Å²) in [6.45, 7) is 6.47. The van der Waals surface area contributed by atoms with Crippen LogP contribution in [0.4, 0.5) is 17.2 Å².